The number of amides is 2. The molecule has 1 aliphatic heterocycles. The Morgan fingerprint density at radius 3 is 2.62 bits per heavy atom. The average molecular weight is 333 g/mol. The SMILES string of the molecule is COC(=O)c1ccc(NC(=O)NC[C@@H](C)N2CCCC[C@H]2C)cc1. The summed E-state index contributed by atoms with van der Waals surface area (Å²) in [5.74, 6) is -0.393. The van der Waals surface area contributed by atoms with Gasteiger partial charge >= 0.3 is 12.0 Å². The molecule has 0 unspecified atom stereocenters. The highest BCUT2D eigenvalue weighted by Crippen LogP contribution is 2.18. The van der Waals surface area contributed by atoms with E-state index >= 15 is 0 Å². The molecule has 6 heteroatoms. The van der Waals surface area contributed by atoms with Crippen LogP contribution in [-0.2, 0) is 4.74 Å². The van der Waals surface area contributed by atoms with Gasteiger partial charge in [-0.3, -0.25) is 4.90 Å². The maximum absolute atomic E-state index is 12.0. The number of esters is 1. The second-order valence-corrected chi connectivity index (χ2v) is 6.34. The lowest BCUT2D eigenvalue weighted by Crippen LogP contribution is -2.49. The summed E-state index contributed by atoms with van der Waals surface area (Å²) in [5.41, 5.74) is 1.09. The summed E-state index contributed by atoms with van der Waals surface area (Å²) in [6, 6.07) is 7.26. The van der Waals surface area contributed by atoms with Crippen molar-refractivity contribution in [2.24, 2.45) is 0 Å². The third-order valence-corrected chi connectivity index (χ3v) is 4.54. The lowest BCUT2D eigenvalue weighted by Gasteiger charge is -2.38. The summed E-state index contributed by atoms with van der Waals surface area (Å²) in [6.45, 7) is 6.10. The van der Waals surface area contributed by atoms with Crippen LogP contribution in [0, 0.1) is 0 Å². The molecule has 6 nitrogen and oxygen atoms in total. The van der Waals surface area contributed by atoms with Crippen LogP contribution in [0.4, 0.5) is 10.5 Å². The molecule has 1 heterocycles. The van der Waals surface area contributed by atoms with Crippen molar-refractivity contribution in [1.82, 2.24) is 10.2 Å². The van der Waals surface area contributed by atoms with E-state index < -0.39 is 5.97 Å². The van der Waals surface area contributed by atoms with Gasteiger partial charge in [0.15, 0.2) is 0 Å². The largest absolute Gasteiger partial charge is 0.465 e. The van der Waals surface area contributed by atoms with Gasteiger partial charge in [-0.1, -0.05) is 6.42 Å². The van der Waals surface area contributed by atoms with Crippen molar-refractivity contribution in [3.63, 3.8) is 0 Å². The van der Waals surface area contributed by atoms with Gasteiger partial charge in [0.1, 0.15) is 0 Å². The zero-order chi connectivity index (χ0) is 17.5. The fourth-order valence-electron chi connectivity index (χ4n) is 3.12. The fraction of sp³-hybridized carbons (Fsp3) is 0.556. The number of benzene rings is 1. The first-order chi connectivity index (χ1) is 11.5. The van der Waals surface area contributed by atoms with Gasteiger partial charge in [-0.2, -0.15) is 0 Å². The van der Waals surface area contributed by atoms with Crippen LogP contribution in [0.2, 0.25) is 0 Å². The number of methoxy groups -OCH3 is 1. The van der Waals surface area contributed by atoms with Crippen LogP contribution in [0.5, 0.6) is 0 Å². The van der Waals surface area contributed by atoms with Crippen LogP contribution in [0.3, 0.4) is 0 Å². The van der Waals surface area contributed by atoms with Crippen LogP contribution >= 0.6 is 0 Å². The van der Waals surface area contributed by atoms with E-state index in [-0.39, 0.29) is 6.03 Å². The van der Waals surface area contributed by atoms with Crippen molar-refractivity contribution in [3.05, 3.63) is 29.8 Å². The molecule has 1 saturated heterocycles. The average Bonchev–Trinajstić information content (AvgIpc) is 2.60. The van der Waals surface area contributed by atoms with Crippen molar-refractivity contribution in [2.75, 3.05) is 25.5 Å². The van der Waals surface area contributed by atoms with Crippen molar-refractivity contribution in [1.29, 1.82) is 0 Å². The van der Waals surface area contributed by atoms with E-state index in [1.807, 2.05) is 0 Å². The Morgan fingerprint density at radius 1 is 1.29 bits per heavy atom. The molecule has 2 N–H and O–H groups in total. The van der Waals surface area contributed by atoms with Gasteiger partial charge in [-0.15, -0.1) is 0 Å². The Labute approximate surface area is 143 Å². The van der Waals surface area contributed by atoms with E-state index in [1.54, 1.807) is 24.3 Å². The third kappa shape index (κ3) is 4.96. The number of anilines is 1. The monoisotopic (exact) mass is 333 g/mol. The lowest BCUT2D eigenvalue weighted by molar-refractivity contribution is 0.0600. The molecule has 1 fully saturated rings. The molecule has 2 amide bonds. The Kier molecular flexibility index (Phi) is 6.61. The van der Waals surface area contributed by atoms with Gasteiger partial charge in [0, 0.05) is 24.3 Å². The van der Waals surface area contributed by atoms with Crippen LogP contribution in [0.15, 0.2) is 24.3 Å². The van der Waals surface area contributed by atoms with Crippen molar-refractivity contribution >= 4 is 17.7 Å². The predicted octanol–water partition coefficient (Wildman–Crippen LogP) is 2.86. The number of nitrogens with one attached hydrogen (secondary N) is 2. The van der Waals surface area contributed by atoms with Crippen molar-refractivity contribution in [2.45, 2.75) is 45.2 Å². The second-order valence-electron chi connectivity index (χ2n) is 6.34. The molecule has 2 atom stereocenters. The van der Waals surface area contributed by atoms with Crippen LogP contribution in [0.1, 0.15) is 43.5 Å². The zero-order valence-electron chi connectivity index (χ0n) is 14.7. The standard InChI is InChI=1S/C18H27N3O3/c1-13-6-4-5-11-21(13)14(2)12-19-18(23)20-16-9-7-15(8-10-16)17(22)24-3/h7-10,13-14H,4-6,11-12H2,1-3H3,(H2,19,20,23)/t13-,14-/m1/s1. The Bertz CT molecular complexity index is 559. The molecule has 0 saturated carbocycles. The van der Waals surface area contributed by atoms with Gasteiger partial charge in [-0.05, 0) is 57.5 Å². The summed E-state index contributed by atoms with van der Waals surface area (Å²) < 4.78 is 4.65. The number of ether oxygens (including phenoxy) is 1. The smallest absolute Gasteiger partial charge is 0.337 e. The van der Waals surface area contributed by atoms with E-state index in [0.717, 1.165) is 6.54 Å². The number of urea groups is 1. The fourth-order valence-corrected chi connectivity index (χ4v) is 3.12. The van der Waals surface area contributed by atoms with Crippen molar-refractivity contribution in [3.8, 4) is 0 Å². The maximum Gasteiger partial charge on any atom is 0.337 e. The summed E-state index contributed by atoms with van der Waals surface area (Å²) in [5, 5.41) is 5.69. The number of carbonyl (C=O) groups is 2. The molecule has 2 rings (SSSR count). The summed E-state index contributed by atoms with van der Waals surface area (Å²) >= 11 is 0. The first kappa shape index (κ1) is 18.3. The molecular formula is C18H27N3O3. The first-order valence-electron chi connectivity index (χ1n) is 8.50. The highest BCUT2D eigenvalue weighted by molar-refractivity contribution is 5.92. The Hall–Kier alpha value is -2.08. The minimum absolute atomic E-state index is 0.239. The number of likely N-dealkylation sites (tertiary alicyclic amines) is 1. The maximum atomic E-state index is 12.0. The van der Waals surface area contributed by atoms with Gasteiger partial charge in [-0.25, -0.2) is 9.59 Å². The van der Waals surface area contributed by atoms with Gasteiger partial charge < -0.3 is 15.4 Å². The number of rotatable bonds is 5. The molecule has 0 spiro atoms. The molecule has 1 aromatic rings. The topological polar surface area (TPSA) is 70.7 Å². The normalized spacial score (nSPS) is 19.4. The van der Waals surface area contributed by atoms with E-state index in [9.17, 15) is 9.59 Å². The second kappa shape index (κ2) is 8.68. The van der Waals surface area contributed by atoms with Gasteiger partial charge in [0.2, 0.25) is 0 Å². The quantitative estimate of drug-likeness (QED) is 0.813. The number of hydrogen-bond acceptors (Lipinski definition) is 4. The van der Waals surface area contributed by atoms with Gasteiger partial charge in [0.25, 0.3) is 0 Å². The number of piperidine rings is 1. The third-order valence-electron chi connectivity index (χ3n) is 4.54. The molecule has 1 aliphatic rings. The van der Waals surface area contributed by atoms with Crippen LogP contribution in [-0.4, -0.2) is 49.2 Å². The molecule has 1 aromatic carbocycles. The molecule has 0 bridgehead atoms. The highest BCUT2D eigenvalue weighted by Gasteiger charge is 2.23. The predicted molar refractivity (Wildman–Crippen MR) is 94.3 cm³/mol. The molecular weight excluding hydrogens is 306 g/mol. The lowest BCUT2D eigenvalue weighted by atomic mass is 10.0. The van der Waals surface area contributed by atoms with E-state index in [0.29, 0.717) is 29.9 Å². The van der Waals surface area contributed by atoms with Crippen molar-refractivity contribution < 1.29 is 14.3 Å². The molecule has 0 aliphatic carbocycles. The Balaban J connectivity index is 1.79. The number of hydrogen-bond donors (Lipinski definition) is 2. The van der Waals surface area contributed by atoms with Crippen LogP contribution < -0.4 is 10.6 Å². The minimum Gasteiger partial charge on any atom is -0.465 e. The summed E-state index contributed by atoms with van der Waals surface area (Å²) in [6.07, 6.45) is 3.75. The minimum atomic E-state index is -0.393. The molecule has 132 valence electrons. The zero-order valence-corrected chi connectivity index (χ0v) is 14.7. The number of carbonyl (C=O) groups excluding carboxylic acids is 2. The number of nitrogens with zero attached hydrogens (tertiary/aromatic N) is 1. The molecule has 0 aromatic heterocycles. The Morgan fingerprint density at radius 2 is 2.00 bits per heavy atom. The van der Waals surface area contributed by atoms with Gasteiger partial charge in [0.05, 0.1) is 12.7 Å². The summed E-state index contributed by atoms with van der Waals surface area (Å²) in [7, 11) is 1.34. The van der Waals surface area contributed by atoms with E-state index in [4.69, 9.17) is 0 Å². The van der Waals surface area contributed by atoms with Crippen LogP contribution in [0.25, 0.3) is 0 Å². The molecule has 24 heavy (non-hydrogen) atoms. The first-order valence-corrected chi connectivity index (χ1v) is 8.50. The highest BCUT2D eigenvalue weighted by atomic mass is 16.5. The summed E-state index contributed by atoms with van der Waals surface area (Å²) in [4.78, 5) is 25.9. The van der Waals surface area contributed by atoms with E-state index in [2.05, 4.69) is 34.1 Å². The van der Waals surface area contributed by atoms with E-state index in [1.165, 1.54) is 26.4 Å². The molecule has 0 radical (unpaired) electrons.